The smallest absolute Gasteiger partial charge is 0.258 e. The molecule has 2 aliphatic heterocycles. The number of para-hydroxylation sites is 1. The molecule has 0 spiro atoms. The lowest BCUT2D eigenvalue weighted by molar-refractivity contribution is -0.139. The number of piperazine rings is 1. The number of hydrogen-bond donors (Lipinski definition) is 1. The van der Waals surface area contributed by atoms with E-state index in [2.05, 4.69) is 0 Å². The molecular weight excluding hydrogens is 230 g/mol. The molecule has 2 aliphatic rings. The second kappa shape index (κ2) is 3.73. The van der Waals surface area contributed by atoms with E-state index in [9.17, 15) is 9.59 Å². The van der Waals surface area contributed by atoms with E-state index in [-0.39, 0.29) is 11.3 Å². The number of nitrogens with zero attached hydrogens (tertiary/aromatic N) is 2. The Labute approximate surface area is 110 Å². The van der Waals surface area contributed by atoms with E-state index in [4.69, 9.17) is 4.15 Å². The minimum absolute atomic E-state index is 0.270. The highest BCUT2D eigenvalue weighted by Crippen LogP contribution is 2.29. The quantitative estimate of drug-likeness (QED) is 0.737. The first-order valence-corrected chi connectivity index (χ1v) is 5.72. The summed E-state index contributed by atoms with van der Waals surface area (Å²) in [5, 5.41) is 0.848. The van der Waals surface area contributed by atoms with Crippen molar-refractivity contribution in [3.8, 4) is 0 Å². The molecule has 0 aromatic heterocycles. The third-order valence-electron chi connectivity index (χ3n) is 3.24. The molecule has 1 saturated heterocycles. The lowest BCUT2D eigenvalue weighted by Gasteiger charge is -2.46. The van der Waals surface area contributed by atoms with Crippen LogP contribution in [0.2, 0.25) is 1.41 Å². The fourth-order valence-corrected chi connectivity index (χ4v) is 2.27. The summed E-state index contributed by atoms with van der Waals surface area (Å²) in [6.45, 7) is 0.157. The second-order valence-electron chi connectivity index (χ2n) is 4.42. The molecular formula is C13H15N3O2. The van der Waals surface area contributed by atoms with Crippen LogP contribution < -0.4 is 5.31 Å². The van der Waals surface area contributed by atoms with Crippen molar-refractivity contribution in [1.82, 2.24) is 9.80 Å². The third kappa shape index (κ3) is 1.40. The number of amides is 2. The summed E-state index contributed by atoms with van der Waals surface area (Å²) in [6, 6.07) is 5.59. The predicted molar refractivity (Wildman–Crippen MR) is 67.1 cm³/mol. The summed E-state index contributed by atoms with van der Waals surface area (Å²) in [7, 11) is 1.42. The minimum Gasteiger partial charge on any atom is -0.363 e. The van der Waals surface area contributed by atoms with Crippen molar-refractivity contribution in [3.63, 3.8) is 0 Å². The Bertz CT molecular complexity index is 641. The number of carbonyl (C=O) groups excluding carboxylic acids is 2. The van der Waals surface area contributed by atoms with E-state index in [1.807, 2.05) is 0 Å². The van der Waals surface area contributed by atoms with Gasteiger partial charge < -0.3 is 15.1 Å². The zero-order valence-electron chi connectivity index (χ0n) is 13.1. The van der Waals surface area contributed by atoms with Crippen molar-refractivity contribution in [2.24, 2.45) is 0 Å². The molecule has 0 unspecified atom stereocenters. The number of likely N-dealkylation sites (N-methyl/N-ethyl adjacent to an activating group) is 1. The van der Waals surface area contributed by atoms with Gasteiger partial charge in [0.2, 0.25) is 5.91 Å². The molecule has 3 rings (SSSR count). The molecule has 1 aromatic rings. The second-order valence-corrected chi connectivity index (χ2v) is 4.42. The number of benzene rings is 1. The van der Waals surface area contributed by atoms with Gasteiger partial charge in [-0.3, -0.25) is 9.59 Å². The van der Waals surface area contributed by atoms with Gasteiger partial charge in [-0.2, -0.15) is 0 Å². The maximum Gasteiger partial charge on any atom is 0.258 e. The zero-order valence-corrected chi connectivity index (χ0v) is 10.1. The summed E-state index contributed by atoms with van der Waals surface area (Å²) in [5.74, 6) is -0.894. The van der Waals surface area contributed by atoms with E-state index in [0.29, 0.717) is 0 Å². The zero-order chi connectivity index (χ0) is 15.5. The maximum absolute atomic E-state index is 12.7. The maximum atomic E-state index is 12.7. The van der Waals surface area contributed by atoms with Crippen LogP contribution in [0, 0.1) is 0 Å². The van der Waals surface area contributed by atoms with Crippen molar-refractivity contribution >= 4 is 17.5 Å². The highest BCUT2D eigenvalue weighted by molar-refractivity contribution is 6.04. The number of nitrogens with one attached hydrogen (secondary N) is 1. The highest BCUT2D eigenvalue weighted by atomic mass is 16.2. The molecule has 1 fully saturated rings. The Kier molecular flexibility index (Phi) is 1.68. The van der Waals surface area contributed by atoms with E-state index < -0.39 is 30.5 Å². The van der Waals surface area contributed by atoms with Crippen LogP contribution in [0.1, 0.15) is 20.0 Å². The van der Waals surface area contributed by atoms with Crippen LogP contribution in [0.5, 0.6) is 0 Å². The Morgan fingerprint density at radius 3 is 3.00 bits per heavy atom. The van der Waals surface area contributed by atoms with Crippen molar-refractivity contribution < 1.29 is 13.7 Å². The molecule has 2 heterocycles. The number of rotatable bonds is 0. The summed E-state index contributed by atoms with van der Waals surface area (Å²) < 4.78 is 24.9. The first-order chi connectivity index (χ1) is 9.81. The van der Waals surface area contributed by atoms with Gasteiger partial charge in [0.05, 0.1) is 14.8 Å². The molecule has 1 N–H and O–H groups in total. The molecule has 5 heteroatoms. The van der Waals surface area contributed by atoms with Gasteiger partial charge in [-0.25, -0.2) is 0 Å². The monoisotopic (exact) mass is 248 g/mol. The largest absolute Gasteiger partial charge is 0.363 e. The molecule has 0 saturated carbocycles. The summed E-state index contributed by atoms with van der Waals surface area (Å²) in [6.07, 6.45) is -1.96. The first-order valence-electron chi connectivity index (χ1n) is 7.25. The standard InChI is InChI=1S/C13H15N3O2/c1-8-12(17)15(2)7-11-14-10-6-4-3-5-9(10)13(18)16(8)11/h3-6,8,11,14H,7H2,1-2H3/t8-,11-/m0/s1/i7D,11D/hD/t7-,8+,11+/m1. The van der Waals surface area contributed by atoms with E-state index in [1.54, 1.807) is 24.3 Å². The normalized spacial score (nSPS) is 37.7. The van der Waals surface area contributed by atoms with Crippen molar-refractivity contribution in [2.45, 2.75) is 19.1 Å². The summed E-state index contributed by atoms with van der Waals surface area (Å²) >= 11 is 0. The molecule has 94 valence electrons. The van der Waals surface area contributed by atoms with Gasteiger partial charge in [-0.05, 0) is 19.1 Å². The van der Waals surface area contributed by atoms with E-state index in [0.717, 1.165) is 15.1 Å². The van der Waals surface area contributed by atoms with Crippen LogP contribution in [-0.4, -0.2) is 47.4 Å². The van der Waals surface area contributed by atoms with Gasteiger partial charge >= 0.3 is 0 Å². The van der Waals surface area contributed by atoms with Gasteiger partial charge in [-0.15, -0.1) is 0 Å². The Balaban J connectivity index is 2.24. The fraction of sp³-hybridized carbons (Fsp3) is 0.385. The van der Waals surface area contributed by atoms with E-state index in [1.165, 1.54) is 14.0 Å². The predicted octanol–water partition coefficient (Wildman–Crippen LogP) is 0.741. The average molecular weight is 248 g/mol. The lowest BCUT2D eigenvalue weighted by Crippen LogP contribution is -2.65. The molecule has 18 heavy (non-hydrogen) atoms. The number of carbonyl (C=O) groups is 2. The van der Waals surface area contributed by atoms with Crippen LogP contribution >= 0.6 is 0 Å². The molecule has 3 atom stereocenters. The van der Waals surface area contributed by atoms with Gasteiger partial charge in [0, 0.05) is 12.7 Å². The van der Waals surface area contributed by atoms with Gasteiger partial charge in [0.25, 0.3) is 5.91 Å². The SMILES string of the molecule is [2H][C@H]1N(C)C(=O)[C@H](C)N2C(=O)c3ccccc3N([2H])[C@]12[2H]. The number of hydrogen-bond acceptors (Lipinski definition) is 3. The Morgan fingerprint density at radius 1 is 1.50 bits per heavy atom. The van der Waals surface area contributed by atoms with Crippen LogP contribution in [0.25, 0.3) is 0 Å². The number of fused-ring (bicyclic) bond motifs is 2. The van der Waals surface area contributed by atoms with Gasteiger partial charge in [0.1, 0.15) is 12.2 Å². The average Bonchev–Trinajstić information content (AvgIpc) is 2.49. The van der Waals surface area contributed by atoms with E-state index >= 15 is 0 Å². The highest BCUT2D eigenvalue weighted by Gasteiger charge is 2.42. The van der Waals surface area contributed by atoms with Gasteiger partial charge in [0.15, 0.2) is 1.41 Å². The van der Waals surface area contributed by atoms with Crippen molar-refractivity contribution in [3.05, 3.63) is 29.8 Å². The lowest BCUT2D eigenvalue weighted by atomic mass is 10.0. The topological polar surface area (TPSA) is 52.7 Å². The molecule has 5 nitrogen and oxygen atoms in total. The molecule has 0 aliphatic carbocycles. The van der Waals surface area contributed by atoms with Crippen LogP contribution in [0.3, 0.4) is 0 Å². The summed E-state index contributed by atoms with van der Waals surface area (Å²) in [4.78, 5) is 26.9. The van der Waals surface area contributed by atoms with Crippen molar-refractivity contribution in [1.29, 1.82) is 0 Å². The minimum atomic E-state index is -1.96. The molecule has 1 aromatic carbocycles. The molecule has 2 amide bonds. The Hall–Kier alpha value is -2.04. The Morgan fingerprint density at radius 2 is 2.22 bits per heavy atom. The third-order valence-corrected chi connectivity index (χ3v) is 3.24. The molecule has 0 bridgehead atoms. The number of anilines is 1. The van der Waals surface area contributed by atoms with Crippen LogP contribution in [0.4, 0.5) is 5.69 Å². The fourth-order valence-electron chi connectivity index (χ4n) is 2.27. The van der Waals surface area contributed by atoms with Crippen LogP contribution in [0.15, 0.2) is 24.3 Å². The van der Waals surface area contributed by atoms with Crippen molar-refractivity contribution in [2.75, 3.05) is 18.9 Å². The van der Waals surface area contributed by atoms with Crippen LogP contribution in [-0.2, 0) is 4.79 Å². The first kappa shape index (κ1) is 8.13. The molecule has 0 radical (unpaired) electrons. The van der Waals surface area contributed by atoms with Gasteiger partial charge in [-0.1, -0.05) is 12.1 Å². The summed E-state index contributed by atoms with van der Waals surface area (Å²) in [5.41, 5.74) is 0.549.